The molecule has 0 aromatic heterocycles. The van der Waals surface area contributed by atoms with Crippen molar-refractivity contribution >= 4 is 17.3 Å². The first kappa shape index (κ1) is 8.39. The van der Waals surface area contributed by atoms with Crippen molar-refractivity contribution in [1.82, 2.24) is 0 Å². The van der Waals surface area contributed by atoms with Gasteiger partial charge in [0, 0.05) is 12.7 Å². The Bertz CT molecular complexity index is 310. The molecule has 0 unspecified atom stereocenters. The van der Waals surface area contributed by atoms with E-state index in [2.05, 4.69) is 5.32 Å². The van der Waals surface area contributed by atoms with Gasteiger partial charge >= 0.3 is 5.97 Å². The summed E-state index contributed by atoms with van der Waals surface area (Å²) in [5, 5.41) is 11.5. The van der Waals surface area contributed by atoms with Crippen LogP contribution in [-0.4, -0.2) is 18.1 Å². The van der Waals surface area contributed by atoms with E-state index in [-0.39, 0.29) is 5.56 Å². The molecule has 0 saturated carbocycles. The number of hydrogen-bond donors (Lipinski definition) is 3. The van der Waals surface area contributed by atoms with Gasteiger partial charge in [0.15, 0.2) is 0 Å². The molecule has 0 spiro atoms. The van der Waals surface area contributed by atoms with Crippen LogP contribution in [0, 0.1) is 0 Å². The molecule has 0 aliphatic rings. The quantitative estimate of drug-likeness (QED) is 0.573. The van der Waals surface area contributed by atoms with Crippen LogP contribution in [0.5, 0.6) is 0 Å². The van der Waals surface area contributed by atoms with E-state index in [9.17, 15) is 4.79 Å². The van der Waals surface area contributed by atoms with E-state index in [1.165, 1.54) is 6.07 Å². The van der Waals surface area contributed by atoms with Gasteiger partial charge in [0.2, 0.25) is 0 Å². The summed E-state index contributed by atoms with van der Waals surface area (Å²) >= 11 is 0. The van der Waals surface area contributed by atoms with Gasteiger partial charge in [-0.3, -0.25) is 0 Å². The van der Waals surface area contributed by atoms with Crippen LogP contribution in [0.4, 0.5) is 11.4 Å². The maximum atomic E-state index is 10.6. The number of nitrogens with one attached hydrogen (secondary N) is 1. The molecule has 1 rings (SSSR count). The van der Waals surface area contributed by atoms with Crippen LogP contribution in [0.25, 0.3) is 0 Å². The van der Waals surface area contributed by atoms with Gasteiger partial charge in [-0.2, -0.15) is 0 Å². The predicted molar refractivity (Wildman–Crippen MR) is 47.4 cm³/mol. The summed E-state index contributed by atoms with van der Waals surface area (Å²) in [4.78, 5) is 10.6. The molecule has 64 valence electrons. The molecule has 0 heterocycles. The third-order valence-electron chi connectivity index (χ3n) is 1.54. The monoisotopic (exact) mass is 166 g/mol. The van der Waals surface area contributed by atoms with Crippen LogP contribution in [0.2, 0.25) is 0 Å². The topological polar surface area (TPSA) is 75.3 Å². The highest BCUT2D eigenvalue weighted by molar-refractivity contribution is 5.94. The van der Waals surface area contributed by atoms with Gasteiger partial charge in [0.25, 0.3) is 0 Å². The molecular formula is C8H10N2O2. The molecule has 0 fully saturated rings. The summed E-state index contributed by atoms with van der Waals surface area (Å²) < 4.78 is 0. The summed E-state index contributed by atoms with van der Waals surface area (Å²) in [6.07, 6.45) is 0. The number of aromatic carboxylic acids is 1. The van der Waals surface area contributed by atoms with Crippen molar-refractivity contribution < 1.29 is 9.90 Å². The van der Waals surface area contributed by atoms with Crippen molar-refractivity contribution in [2.45, 2.75) is 0 Å². The summed E-state index contributed by atoms with van der Waals surface area (Å²) in [5.41, 5.74) is 6.77. The number of nitrogens with two attached hydrogens (primary N) is 1. The smallest absolute Gasteiger partial charge is 0.337 e. The van der Waals surface area contributed by atoms with Crippen LogP contribution in [-0.2, 0) is 0 Å². The Morgan fingerprint density at radius 2 is 2.25 bits per heavy atom. The Morgan fingerprint density at radius 1 is 1.58 bits per heavy atom. The molecule has 0 amide bonds. The molecule has 0 saturated heterocycles. The number of carboxylic acid groups (broad SMARTS) is 1. The number of benzene rings is 1. The maximum absolute atomic E-state index is 10.6. The first-order valence-corrected chi connectivity index (χ1v) is 3.45. The fraction of sp³-hybridized carbons (Fsp3) is 0.125. The van der Waals surface area contributed by atoms with Crippen LogP contribution >= 0.6 is 0 Å². The number of nitrogen functional groups attached to an aromatic ring is 1. The number of hydrogen-bond acceptors (Lipinski definition) is 3. The third-order valence-corrected chi connectivity index (χ3v) is 1.54. The number of rotatable bonds is 2. The summed E-state index contributed by atoms with van der Waals surface area (Å²) in [5.74, 6) is -0.959. The average Bonchev–Trinajstić information content (AvgIpc) is 2.03. The Morgan fingerprint density at radius 3 is 2.75 bits per heavy atom. The van der Waals surface area contributed by atoms with Gasteiger partial charge < -0.3 is 16.2 Å². The van der Waals surface area contributed by atoms with E-state index in [0.717, 1.165) is 0 Å². The second kappa shape index (κ2) is 3.13. The van der Waals surface area contributed by atoms with Crippen LogP contribution in [0.1, 0.15) is 10.4 Å². The fourth-order valence-corrected chi connectivity index (χ4v) is 0.955. The van der Waals surface area contributed by atoms with Crippen LogP contribution in [0.15, 0.2) is 18.2 Å². The molecule has 1 aromatic rings. The minimum Gasteiger partial charge on any atom is -0.478 e. The van der Waals surface area contributed by atoms with Crippen molar-refractivity contribution in [3.8, 4) is 0 Å². The van der Waals surface area contributed by atoms with Crippen LogP contribution in [0.3, 0.4) is 0 Å². The standard InChI is InChI=1S/C8H10N2O2/c1-10-7-4-5(9)2-3-6(7)8(11)12/h2-4,10H,9H2,1H3,(H,11,12). The largest absolute Gasteiger partial charge is 0.478 e. The normalized spacial score (nSPS) is 9.42. The zero-order valence-corrected chi connectivity index (χ0v) is 6.66. The van der Waals surface area contributed by atoms with Gasteiger partial charge in [-0.1, -0.05) is 0 Å². The van der Waals surface area contributed by atoms with E-state index in [1.54, 1.807) is 19.2 Å². The first-order chi connectivity index (χ1) is 5.65. The zero-order chi connectivity index (χ0) is 9.14. The van der Waals surface area contributed by atoms with Gasteiger partial charge in [-0.25, -0.2) is 4.79 Å². The number of carboxylic acids is 1. The highest BCUT2D eigenvalue weighted by Gasteiger charge is 2.07. The molecular weight excluding hydrogens is 156 g/mol. The molecule has 0 bridgehead atoms. The van der Waals surface area contributed by atoms with Crippen LogP contribution < -0.4 is 11.1 Å². The van der Waals surface area contributed by atoms with Gasteiger partial charge in [0.1, 0.15) is 0 Å². The Hall–Kier alpha value is -1.71. The van der Waals surface area contributed by atoms with E-state index < -0.39 is 5.97 Å². The van der Waals surface area contributed by atoms with E-state index in [1.807, 2.05) is 0 Å². The molecule has 0 aliphatic heterocycles. The lowest BCUT2D eigenvalue weighted by atomic mass is 10.1. The molecule has 0 radical (unpaired) electrons. The van der Waals surface area contributed by atoms with Gasteiger partial charge in [0.05, 0.1) is 11.3 Å². The van der Waals surface area contributed by atoms with Gasteiger partial charge in [-0.15, -0.1) is 0 Å². The van der Waals surface area contributed by atoms with Crippen molar-refractivity contribution in [2.24, 2.45) is 0 Å². The molecule has 12 heavy (non-hydrogen) atoms. The zero-order valence-electron chi connectivity index (χ0n) is 6.66. The molecule has 0 atom stereocenters. The molecule has 4 heteroatoms. The minimum atomic E-state index is -0.959. The second-order valence-electron chi connectivity index (χ2n) is 2.36. The third kappa shape index (κ3) is 1.47. The first-order valence-electron chi connectivity index (χ1n) is 3.45. The SMILES string of the molecule is CNc1cc(N)ccc1C(=O)O. The van der Waals surface area contributed by atoms with Crippen molar-refractivity contribution in [1.29, 1.82) is 0 Å². The van der Waals surface area contributed by atoms with Crippen molar-refractivity contribution in [3.63, 3.8) is 0 Å². The lowest BCUT2D eigenvalue weighted by molar-refractivity contribution is 0.0698. The Balaban J connectivity index is 3.20. The Kier molecular flexibility index (Phi) is 2.19. The number of carbonyl (C=O) groups is 1. The van der Waals surface area contributed by atoms with E-state index in [0.29, 0.717) is 11.4 Å². The highest BCUT2D eigenvalue weighted by atomic mass is 16.4. The fourth-order valence-electron chi connectivity index (χ4n) is 0.955. The predicted octanol–water partition coefficient (Wildman–Crippen LogP) is 1.01. The molecule has 0 aliphatic carbocycles. The molecule has 1 aromatic carbocycles. The van der Waals surface area contributed by atoms with Gasteiger partial charge in [-0.05, 0) is 18.2 Å². The Labute approximate surface area is 70.0 Å². The summed E-state index contributed by atoms with van der Waals surface area (Å²) in [6.45, 7) is 0. The molecule has 4 N–H and O–H groups in total. The van der Waals surface area contributed by atoms with E-state index >= 15 is 0 Å². The van der Waals surface area contributed by atoms with Crippen molar-refractivity contribution in [2.75, 3.05) is 18.1 Å². The maximum Gasteiger partial charge on any atom is 0.337 e. The lowest BCUT2D eigenvalue weighted by Crippen LogP contribution is -2.03. The summed E-state index contributed by atoms with van der Waals surface area (Å²) in [6, 6.07) is 4.62. The van der Waals surface area contributed by atoms with E-state index in [4.69, 9.17) is 10.8 Å². The lowest BCUT2D eigenvalue weighted by Gasteiger charge is -2.05. The number of anilines is 2. The molecule has 4 nitrogen and oxygen atoms in total. The van der Waals surface area contributed by atoms with Crippen molar-refractivity contribution in [3.05, 3.63) is 23.8 Å². The minimum absolute atomic E-state index is 0.228. The average molecular weight is 166 g/mol. The highest BCUT2D eigenvalue weighted by Crippen LogP contribution is 2.18. The second-order valence-corrected chi connectivity index (χ2v) is 2.36. The summed E-state index contributed by atoms with van der Waals surface area (Å²) in [7, 11) is 1.65.